The van der Waals surface area contributed by atoms with E-state index in [2.05, 4.69) is 5.32 Å². The fourth-order valence-corrected chi connectivity index (χ4v) is 5.05. The summed E-state index contributed by atoms with van der Waals surface area (Å²) in [7, 11) is -4.38. The van der Waals surface area contributed by atoms with Crippen LogP contribution in [0.25, 0.3) is 0 Å². The number of carbonyl (C=O) groups is 1. The number of benzene rings is 2. The molecule has 8 nitrogen and oxygen atoms in total. The van der Waals surface area contributed by atoms with Crippen LogP contribution in [0.5, 0.6) is 0 Å². The molecule has 0 aromatic heterocycles. The van der Waals surface area contributed by atoms with Crippen LogP contribution in [0.4, 0.5) is 5.69 Å². The first-order chi connectivity index (χ1) is 13.5. The molecular formula is C19H25N3O5S2. The largest absolute Gasteiger partial charge is 0.322 e. The zero-order chi connectivity index (χ0) is 21.8. The summed E-state index contributed by atoms with van der Waals surface area (Å²) in [5, 5.41) is 2.64. The first-order valence-electron chi connectivity index (χ1n) is 8.98. The van der Waals surface area contributed by atoms with Gasteiger partial charge in [0.25, 0.3) is 5.91 Å². The van der Waals surface area contributed by atoms with E-state index in [-0.39, 0.29) is 15.4 Å². The summed E-state index contributed by atoms with van der Waals surface area (Å²) in [6.07, 6.45) is 0. The molecule has 0 heterocycles. The van der Waals surface area contributed by atoms with Gasteiger partial charge in [0.2, 0.25) is 20.0 Å². The Balaban J connectivity index is 2.24. The number of carbonyl (C=O) groups excluding carboxylic acids is 1. The Kier molecular flexibility index (Phi) is 7.17. The third kappa shape index (κ3) is 5.02. The maximum absolute atomic E-state index is 12.6. The zero-order valence-corrected chi connectivity index (χ0v) is 18.4. The molecule has 0 unspecified atom stereocenters. The van der Waals surface area contributed by atoms with Crippen molar-refractivity contribution >= 4 is 31.6 Å². The number of nitrogens with one attached hydrogen (secondary N) is 1. The molecule has 29 heavy (non-hydrogen) atoms. The normalized spacial score (nSPS) is 12.3. The zero-order valence-electron chi connectivity index (χ0n) is 16.8. The van der Waals surface area contributed by atoms with Crippen molar-refractivity contribution in [2.45, 2.75) is 23.6 Å². The molecule has 0 atom stereocenters. The molecule has 0 bridgehead atoms. The van der Waals surface area contributed by atoms with E-state index in [0.717, 1.165) is 4.31 Å². The van der Waals surface area contributed by atoms with Gasteiger partial charge in [-0.25, -0.2) is 21.1 Å². The lowest BCUT2D eigenvalue weighted by Gasteiger charge is -2.18. The van der Waals surface area contributed by atoms with Crippen LogP contribution in [0.15, 0.2) is 58.3 Å². The van der Waals surface area contributed by atoms with Crippen molar-refractivity contribution < 1.29 is 21.6 Å². The van der Waals surface area contributed by atoms with Gasteiger partial charge in [0.05, 0.1) is 9.79 Å². The Bertz CT molecular complexity index is 1080. The van der Waals surface area contributed by atoms with E-state index in [9.17, 15) is 21.6 Å². The molecule has 0 spiro atoms. The molecule has 0 aliphatic heterocycles. The summed E-state index contributed by atoms with van der Waals surface area (Å²) in [6, 6.07) is 11.5. The van der Waals surface area contributed by atoms with Crippen molar-refractivity contribution in [2.75, 3.05) is 32.5 Å². The van der Waals surface area contributed by atoms with Crippen LogP contribution in [-0.4, -0.2) is 58.5 Å². The van der Waals surface area contributed by atoms with Crippen LogP contribution >= 0.6 is 0 Å². The number of anilines is 1. The standard InChI is InChI=1S/C19H25N3O5S2/c1-5-22(6-2)29(26,27)18-9-7-8-16(14-18)20-19(23)15-10-12-17(13-11-15)28(24,25)21(3)4/h7-14H,5-6H2,1-4H3,(H,20,23). The summed E-state index contributed by atoms with van der Waals surface area (Å²) < 4.78 is 51.9. The summed E-state index contributed by atoms with van der Waals surface area (Å²) in [5.74, 6) is -0.476. The number of hydrogen-bond donors (Lipinski definition) is 1. The number of sulfonamides is 2. The maximum Gasteiger partial charge on any atom is 0.255 e. The van der Waals surface area contributed by atoms with E-state index in [1.165, 1.54) is 54.8 Å². The van der Waals surface area contributed by atoms with Gasteiger partial charge in [0.1, 0.15) is 0 Å². The molecule has 10 heteroatoms. The topological polar surface area (TPSA) is 104 Å². The van der Waals surface area contributed by atoms with Crippen molar-refractivity contribution in [1.29, 1.82) is 0 Å². The minimum Gasteiger partial charge on any atom is -0.322 e. The van der Waals surface area contributed by atoms with Gasteiger partial charge in [-0.1, -0.05) is 19.9 Å². The van der Waals surface area contributed by atoms with Crippen molar-refractivity contribution in [2.24, 2.45) is 0 Å². The molecule has 1 amide bonds. The monoisotopic (exact) mass is 439 g/mol. The van der Waals surface area contributed by atoms with Crippen LogP contribution < -0.4 is 5.32 Å². The molecule has 0 aliphatic rings. The maximum atomic E-state index is 12.6. The molecule has 1 N–H and O–H groups in total. The summed E-state index contributed by atoms with van der Waals surface area (Å²) in [5.41, 5.74) is 0.577. The van der Waals surface area contributed by atoms with E-state index >= 15 is 0 Å². The van der Waals surface area contributed by atoms with Crippen LogP contribution in [0.1, 0.15) is 24.2 Å². The van der Waals surface area contributed by atoms with Crippen LogP contribution in [0.3, 0.4) is 0 Å². The quantitative estimate of drug-likeness (QED) is 0.679. The van der Waals surface area contributed by atoms with E-state index in [4.69, 9.17) is 0 Å². The molecule has 158 valence electrons. The van der Waals surface area contributed by atoms with Crippen molar-refractivity contribution in [1.82, 2.24) is 8.61 Å². The van der Waals surface area contributed by atoms with E-state index in [1.54, 1.807) is 26.0 Å². The van der Waals surface area contributed by atoms with Crippen molar-refractivity contribution in [3.63, 3.8) is 0 Å². The molecule has 2 aromatic carbocycles. The predicted molar refractivity (Wildman–Crippen MR) is 112 cm³/mol. The lowest BCUT2D eigenvalue weighted by atomic mass is 10.2. The summed E-state index contributed by atoms with van der Waals surface area (Å²) in [4.78, 5) is 12.6. The number of hydrogen-bond acceptors (Lipinski definition) is 5. The van der Waals surface area contributed by atoms with Crippen LogP contribution in [0.2, 0.25) is 0 Å². The third-order valence-corrected chi connectivity index (χ3v) is 8.21. The second-order valence-corrected chi connectivity index (χ2v) is 10.5. The van der Waals surface area contributed by atoms with Gasteiger partial charge in [-0.2, -0.15) is 4.31 Å². The average molecular weight is 440 g/mol. The Morgan fingerprint density at radius 3 is 1.97 bits per heavy atom. The van der Waals surface area contributed by atoms with Crippen molar-refractivity contribution in [3.8, 4) is 0 Å². The third-order valence-electron chi connectivity index (χ3n) is 4.33. The lowest BCUT2D eigenvalue weighted by Crippen LogP contribution is -2.30. The van der Waals surface area contributed by atoms with Gasteiger partial charge in [0, 0.05) is 38.4 Å². The molecule has 0 saturated carbocycles. The Labute approximate surface area is 172 Å². The second kappa shape index (κ2) is 9.04. The molecule has 0 saturated heterocycles. The van der Waals surface area contributed by atoms with Gasteiger partial charge >= 0.3 is 0 Å². The van der Waals surface area contributed by atoms with Gasteiger partial charge in [-0.05, 0) is 42.5 Å². The first-order valence-corrected chi connectivity index (χ1v) is 11.9. The lowest BCUT2D eigenvalue weighted by molar-refractivity contribution is 0.102. The van der Waals surface area contributed by atoms with E-state index in [1.807, 2.05) is 0 Å². The molecule has 0 radical (unpaired) electrons. The molecular weight excluding hydrogens is 414 g/mol. The fourth-order valence-electron chi connectivity index (χ4n) is 2.64. The highest BCUT2D eigenvalue weighted by Crippen LogP contribution is 2.20. The van der Waals surface area contributed by atoms with Gasteiger partial charge in [-0.15, -0.1) is 0 Å². The average Bonchev–Trinajstić information content (AvgIpc) is 2.69. The molecule has 2 rings (SSSR count). The Morgan fingerprint density at radius 1 is 0.862 bits per heavy atom. The molecule has 0 aliphatic carbocycles. The summed E-state index contributed by atoms with van der Waals surface area (Å²) in [6.45, 7) is 4.20. The minimum atomic E-state index is -3.64. The predicted octanol–water partition coefficient (Wildman–Crippen LogP) is 2.22. The fraction of sp³-hybridized carbons (Fsp3) is 0.316. The highest BCUT2D eigenvalue weighted by molar-refractivity contribution is 7.89. The first kappa shape index (κ1) is 23.0. The highest BCUT2D eigenvalue weighted by Gasteiger charge is 2.22. The molecule has 2 aromatic rings. The summed E-state index contributed by atoms with van der Waals surface area (Å²) >= 11 is 0. The van der Waals surface area contributed by atoms with Gasteiger partial charge in [-0.3, -0.25) is 4.79 Å². The van der Waals surface area contributed by atoms with E-state index < -0.39 is 26.0 Å². The minimum absolute atomic E-state index is 0.0753. The van der Waals surface area contributed by atoms with Gasteiger partial charge in [0.15, 0.2) is 0 Å². The Morgan fingerprint density at radius 2 is 1.45 bits per heavy atom. The van der Waals surface area contributed by atoms with Crippen LogP contribution in [-0.2, 0) is 20.0 Å². The molecule has 0 fully saturated rings. The second-order valence-electron chi connectivity index (χ2n) is 6.38. The number of rotatable bonds is 8. The number of amides is 1. The SMILES string of the molecule is CCN(CC)S(=O)(=O)c1cccc(NC(=O)c2ccc(S(=O)(=O)N(C)C)cc2)c1. The highest BCUT2D eigenvalue weighted by atomic mass is 32.2. The van der Waals surface area contributed by atoms with Gasteiger partial charge < -0.3 is 5.32 Å². The van der Waals surface area contributed by atoms with Crippen molar-refractivity contribution in [3.05, 3.63) is 54.1 Å². The van der Waals surface area contributed by atoms with Crippen LogP contribution in [0, 0.1) is 0 Å². The van der Waals surface area contributed by atoms with E-state index in [0.29, 0.717) is 18.8 Å². The Hall–Kier alpha value is -2.27. The number of nitrogens with zero attached hydrogens (tertiary/aromatic N) is 2. The smallest absolute Gasteiger partial charge is 0.255 e.